The summed E-state index contributed by atoms with van der Waals surface area (Å²) in [7, 11) is 1.65. The van der Waals surface area contributed by atoms with Gasteiger partial charge in [-0.2, -0.15) is 13.2 Å². The molecule has 0 spiro atoms. The van der Waals surface area contributed by atoms with E-state index in [2.05, 4.69) is 25.8 Å². The molecule has 5 rings (SSSR count). The van der Waals surface area contributed by atoms with Gasteiger partial charge >= 0.3 is 12.1 Å². The van der Waals surface area contributed by atoms with Crippen LogP contribution in [0.15, 0.2) is 22.8 Å². The number of aryl methyl sites for hydroxylation is 1. The Morgan fingerprint density at radius 2 is 2.13 bits per heavy atom. The van der Waals surface area contributed by atoms with Crippen molar-refractivity contribution in [1.29, 1.82) is 0 Å². The number of thiophene rings is 1. The number of hydrogen-bond acceptors (Lipinski definition) is 4. The Bertz CT molecular complexity index is 1190. The molecule has 10 heteroatoms. The fourth-order valence-electron chi connectivity index (χ4n) is 4.66. The Morgan fingerprint density at radius 3 is 2.87 bits per heavy atom. The summed E-state index contributed by atoms with van der Waals surface area (Å²) in [5, 5.41) is 3.41. The number of amides is 1. The number of nitrogens with zero attached hydrogens (tertiary/aromatic N) is 1. The molecule has 1 unspecified atom stereocenters. The van der Waals surface area contributed by atoms with E-state index in [-0.39, 0.29) is 11.0 Å². The van der Waals surface area contributed by atoms with Gasteiger partial charge in [0, 0.05) is 39.9 Å². The first kappa shape index (κ1) is 20.7. The maximum absolute atomic E-state index is 12.6. The lowest BCUT2D eigenvalue weighted by Crippen LogP contribution is -2.42. The Kier molecular flexibility index (Phi) is 4.97. The molecule has 1 aliphatic carbocycles. The summed E-state index contributed by atoms with van der Waals surface area (Å²) in [5.41, 5.74) is 4.39. The largest absolute Gasteiger partial charge is 0.495 e. The molecule has 2 aliphatic rings. The van der Waals surface area contributed by atoms with E-state index >= 15 is 0 Å². The van der Waals surface area contributed by atoms with Crippen LogP contribution in [-0.2, 0) is 24.1 Å². The molecule has 0 saturated heterocycles. The Balaban J connectivity index is 1.44. The van der Waals surface area contributed by atoms with Crippen LogP contribution in [0.2, 0.25) is 0 Å². The van der Waals surface area contributed by atoms with E-state index in [1.807, 2.05) is 17.6 Å². The van der Waals surface area contributed by atoms with Gasteiger partial charge in [0.15, 0.2) is 0 Å². The van der Waals surface area contributed by atoms with Crippen LogP contribution >= 0.6 is 27.3 Å². The molecule has 0 fully saturated rings. The number of aromatic amines is 1. The number of fused-ring (bicyclic) bond motifs is 1. The minimum atomic E-state index is -4.89. The molecule has 5 nitrogen and oxygen atoms in total. The fraction of sp³-hybridized carbons (Fsp3) is 0.381. The van der Waals surface area contributed by atoms with Gasteiger partial charge in [-0.05, 0) is 58.5 Å². The van der Waals surface area contributed by atoms with Gasteiger partial charge in [0.2, 0.25) is 0 Å². The van der Waals surface area contributed by atoms with E-state index in [1.54, 1.807) is 13.2 Å². The fourth-order valence-corrected chi connectivity index (χ4v) is 6.47. The van der Waals surface area contributed by atoms with Crippen molar-refractivity contribution in [1.82, 2.24) is 4.98 Å². The molecule has 1 aliphatic heterocycles. The summed E-state index contributed by atoms with van der Waals surface area (Å²) < 4.78 is 44.3. The third-order valence-electron chi connectivity index (χ3n) is 6.06. The van der Waals surface area contributed by atoms with Crippen LogP contribution in [0.5, 0.6) is 5.75 Å². The summed E-state index contributed by atoms with van der Waals surface area (Å²) in [4.78, 5) is 18.1. The zero-order valence-corrected chi connectivity index (χ0v) is 18.9. The van der Waals surface area contributed by atoms with E-state index in [0.29, 0.717) is 0 Å². The van der Waals surface area contributed by atoms with Crippen molar-refractivity contribution in [2.24, 2.45) is 0 Å². The van der Waals surface area contributed by atoms with Crippen molar-refractivity contribution in [3.8, 4) is 5.75 Å². The topological polar surface area (TPSA) is 57.4 Å². The third-order valence-corrected chi connectivity index (χ3v) is 7.78. The smallest absolute Gasteiger partial charge is 0.471 e. The summed E-state index contributed by atoms with van der Waals surface area (Å²) in [6.45, 7) is 0.869. The highest BCUT2D eigenvalue weighted by molar-refractivity contribution is 9.10. The van der Waals surface area contributed by atoms with Crippen molar-refractivity contribution >= 4 is 54.8 Å². The lowest BCUT2D eigenvalue weighted by atomic mass is 9.91. The van der Waals surface area contributed by atoms with E-state index in [4.69, 9.17) is 4.74 Å². The maximum Gasteiger partial charge on any atom is 0.471 e. The number of carbonyl (C=O) groups is 1. The van der Waals surface area contributed by atoms with Gasteiger partial charge in [-0.1, -0.05) is 0 Å². The van der Waals surface area contributed by atoms with Gasteiger partial charge in [-0.25, -0.2) is 0 Å². The first-order valence-corrected chi connectivity index (χ1v) is 11.5. The molecule has 3 aromatic rings. The zero-order valence-electron chi connectivity index (χ0n) is 16.5. The average Bonchev–Trinajstić information content (AvgIpc) is 3.33. The molecule has 164 valence electrons. The first-order chi connectivity index (χ1) is 14.8. The van der Waals surface area contributed by atoms with Gasteiger partial charge in [0.05, 0.1) is 23.3 Å². The second-order valence-electron chi connectivity index (χ2n) is 7.82. The first-order valence-electron chi connectivity index (χ1n) is 9.89. The number of ether oxygens (including phenoxy) is 1. The van der Waals surface area contributed by atoms with E-state index in [1.165, 1.54) is 16.9 Å². The van der Waals surface area contributed by atoms with Crippen molar-refractivity contribution in [2.45, 2.75) is 37.9 Å². The van der Waals surface area contributed by atoms with Crippen LogP contribution in [0, 0.1) is 0 Å². The Morgan fingerprint density at radius 1 is 1.32 bits per heavy atom. The molecule has 1 atom stereocenters. The number of H-pyrrole nitrogens is 1. The zero-order chi connectivity index (χ0) is 21.9. The minimum Gasteiger partial charge on any atom is -0.495 e. The van der Waals surface area contributed by atoms with Crippen molar-refractivity contribution in [3.63, 3.8) is 0 Å². The van der Waals surface area contributed by atoms with Gasteiger partial charge in [-0.15, -0.1) is 11.3 Å². The molecule has 2 N–H and O–H groups in total. The maximum atomic E-state index is 12.6. The monoisotopic (exact) mass is 513 g/mol. The lowest BCUT2D eigenvalue weighted by molar-refractivity contribution is -0.167. The number of alkyl halides is 3. The molecule has 3 heterocycles. The Hall–Kier alpha value is -2.20. The number of aromatic nitrogens is 1. The Labute approximate surface area is 188 Å². The van der Waals surface area contributed by atoms with Gasteiger partial charge in [-0.3, -0.25) is 4.79 Å². The van der Waals surface area contributed by atoms with Gasteiger partial charge in [0.1, 0.15) is 5.75 Å². The molecule has 0 saturated carbocycles. The highest BCUT2D eigenvalue weighted by atomic mass is 79.9. The number of nitrogens with one attached hydrogen (secondary N) is 2. The van der Waals surface area contributed by atoms with Crippen molar-refractivity contribution in [2.75, 3.05) is 23.9 Å². The van der Waals surface area contributed by atoms with E-state index in [0.717, 1.165) is 69.5 Å². The minimum absolute atomic E-state index is 0.230. The third kappa shape index (κ3) is 3.49. The molecule has 31 heavy (non-hydrogen) atoms. The molecule has 2 aromatic heterocycles. The lowest BCUT2D eigenvalue weighted by Gasteiger charge is -2.39. The van der Waals surface area contributed by atoms with Crippen LogP contribution in [-0.4, -0.2) is 36.8 Å². The molecular weight excluding hydrogens is 495 g/mol. The standard InChI is InChI=1S/C21H19BrF3N3O2S/c1-30-14-8-13(22)19-17-11(9-26-18(14)17)4-5-28(19)12-3-2-10-6-16(31-15(10)7-12)27-20(29)21(23,24)25/h6,8-9,12,26H,2-5,7H2,1H3,(H,27,29). The molecule has 1 aromatic carbocycles. The van der Waals surface area contributed by atoms with Crippen LogP contribution in [0.3, 0.4) is 0 Å². The molecule has 1 amide bonds. The number of anilines is 2. The van der Waals surface area contributed by atoms with Crippen LogP contribution < -0.4 is 15.0 Å². The number of rotatable bonds is 3. The average molecular weight is 514 g/mol. The van der Waals surface area contributed by atoms with Gasteiger partial charge in [0.25, 0.3) is 0 Å². The summed E-state index contributed by atoms with van der Waals surface area (Å²) >= 11 is 4.96. The van der Waals surface area contributed by atoms with Crippen LogP contribution in [0.1, 0.15) is 22.4 Å². The van der Waals surface area contributed by atoms with Crippen LogP contribution in [0.25, 0.3) is 10.9 Å². The number of hydrogen-bond donors (Lipinski definition) is 2. The molecule has 0 bridgehead atoms. The van der Waals surface area contributed by atoms with Crippen molar-refractivity contribution < 1.29 is 22.7 Å². The molecule has 0 radical (unpaired) electrons. The van der Waals surface area contributed by atoms with Crippen molar-refractivity contribution in [3.05, 3.63) is 38.8 Å². The number of carbonyl (C=O) groups excluding carboxylic acids is 1. The number of methoxy groups -OCH3 is 1. The van der Waals surface area contributed by atoms with Crippen LogP contribution in [0.4, 0.5) is 23.9 Å². The SMILES string of the molecule is COc1cc(Br)c2c3c(c[nH]c13)CCN2C1CCc2cc(NC(=O)C(F)(F)F)sc2C1. The highest BCUT2D eigenvalue weighted by Gasteiger charge is 2.39. The molecular formula is C21H19BrF3N3O2S. The second-order valence-corrected chi connectivity index (χ2v) is 9.82. The normalized spacial score (nSPS) is 18.2. The quantitative estimate of drug-likeness (QED) is 0.491. The van der Waals surface area contributed by atoms with E-state index < -0.39 is 12.1 Å². The highest BCUT2D eigenvalue weighted by Crippen LogP contribution is 2.46. The summed E-state index contributed by atoms with van der Waals surface area (Å²) in [6, 6.07) is 3.88. The second kappa shape index (κ2) is 7.44. The summed E-state index contributed by atoms with van der Waals surface area (Å²) in [6.07, 6.45) is 0.465. The number of halogens is 4. The summed E-state index contributed by atoms with van der Waals surface area (Å²) in [5.74, 6) is -1.14. The number of benzene rings is 1. The van der Waals surface area contributed by atoms with E-state index in [9.17, 15) is 18.0 Å². The van der Waals surface area contributed by atoms with Gasteiger partial charge < -0.3 is 19.9 Å². The predicted octanol–water partition coefficient (Wildman–Crippen LogP) is 5.42. The predicted molar refractivity (Wildman–Crippen MR) is 118 cm³/mol.